The van der Waals surface area contributed by atoms with Crippen molar-refractivity contribution in [2.45, 2.75) is 69.9 Å². The van der Waals surface area contributed by atoms with E-state index in [-0.39, 0.29) is 0 Å². The van der Waals surface area contributed by atoms with E-state index in [1.165, 1.54) is 31.4 Å². The Balaban J connectivity index is 1.63. The van der Waals surface area contributed by atoms with Crippen molar-refractivity contribution in [1.29, 1.82) is 0 Å². The fourth-order valence-corrected chi connectivity index (χ4v) is 4.32. The van der Waals surface area contributed by atoms with Gasteiger partial charge in [0.25, 0.3) is 0 Å². The zero-order chi connectivity index (χ0) is 15.8. The van der Waals surface area contributed by atoms with Gasteiger partial charge >= 0.3 is 0 Å². The summed E-state index contributed by atoms with van der Waals surface area (Å²) in [6.45, 7) is 2.33. The summed E-state index contributed by atoms with van der Waals surface area (Å²) in [7, 11) is 0. The molecule has 2 aliphatic rings. The van der Waals surface area contributed by atoms with E-state index in [4.69, 9.17) is 10.7 Å². The number of hydrogen-bond acceptors (Lipinski definition) is 4. The van der Waals surface area contributed by atoms with Crippen LogP contribution in [0.25, 0.3) is 5.65 Å². The fraction of sp³-hybridized carbons (Fsp3) is 0.667. The van der Waals surface area contributed by atoms with Crippen LogP contribution < -0.4 is 11.1 Å². The van der Waals surface area contributed by atoms with Gasteiger partial charge in [-0.3, -0.25) is 0 Å². The number of fused-ring (bicyclic) bond motifs is 1. The summed E-state index contributed by atoms with van der Waals surface area (Å²) in [5.41, 5.74) is 8.20. The zero-order valence-corrected chi connectivity index (χ0v) is 13.9. The first-order chi connectivity index (χ1) is 11.2. The fourth-order valence-electron chi connectivity index (χ4n) is 4.32. The lowest BCUT2D eigenvalue weighted by atomic mass is 9.89. The average molecular weight is 313 g/mol. The molecule has 2 fully saturated rings. The number of anilines is 1. The molecule has 3 atom stereocenters. The molecule has 0 saturated heterocycles. The number of hydrogen-bond donors (Lipinski definition) is 2. The molecule has 4 rings (SSSR count). The first-order valence-electron chi connectivity index (χ1n) is 9.07. The van der Waals surface area contributed by atoms with Gasteiger partial charge in [0.2, 0.25) is 0 Å². The largest absolute Gasteiger partial charge is 0.367 e. The summed E-state index contributed by atoms with van der Waals surface area (Å²) < 4.78 is 1.93. The maximum Gasteiger partial charge on any atom is 0.157 e. The molecule has 23 heavy (non-hydrogen) atoms. The van der Waals surface area contributed by atoms with Crippen molar-refractivity contribution in [2.24, 2.45) is 11.7 Å². The number of rotatable bonds is 4. The first-order valence-corrected chi connectivity index (χ1v) is 9.07. The van der Waals surface area contributed by atoms with Gasteiger partial charge in [0.05, 0.1) is 6.20 Å². The van der Waals surface area contributed by atoms with Crippen molar-refractivity contribution in [3.05, 3.63) is 24.0 Å². The van der Waals surface area contributed by atoms with Crippen molar-refractivity contribution in [3.63, 3.8) is 0 Å². The monoisotopic (exact) mass is 313 g/mol. The van der Waals surface area contributed by atoms with E-state index in [1.807, 2.05) is 16.8 Å². The molecular weight excluding hydrogens is 286 g/mol. The smallest absolute Gasteiger partial charge is 0.157 e. The Bertz CT molecular complexity index is 673. The number of nitrogens with one attached hydrogen (secondary N) is 1. The van der Waals surface area contributed by atoms with E-state index >= 15 is 0 Å². The predicted octanol–water partition coefficient (Wildman–Crippen LogP) is 3.31. The van der Waals surface area contributed by atoms with E-state index < -0.39 is 0 Å². The predicted molar refractivity (Wildman–Crippen MR) is 92.6 cm³/mol. The van der Waals surface area contributed by atoms with Crippen LogP contribution in [0.1, 0.15) is 63.5 Å². The standard InChI is InChI=1S/C18H27N5/c1-12(13-4-2-3-5-13)16-11-18(21-15-7-6-14(19)10-15)23-17(22-16)8-9-20-23/h8-9,11-15,21H,2-7,10,19H2,1H3/t12-,14-,15-/m0/s1. The van der Waals surface area contributed by atoms with Crippen LogP contribution in [0.5, 0.6) is 0 Å². The highest BCUT2D eigenvalue weighted by Crippen LogP contribution is 2.37. The third kappa shape index (κ3) is 2.94. The number of nitrogens with zero attached hydrogens (tertiary/aromatic N) is 3. The van der Waals surface area contributed by atoms with Crippen LogP contribution in [-0.4, -0.2) is 26.7 Å². The van der Waals surface area contributed by atoms with Crippen LogP contribution in [0.2, 0.25) is 0 Å². The Hall–Kier alpha value is -1.62. The zero-order valence-electron chi connectivity index (χ0n) is 13.9. The highest BCUT2D eigenvalue weighted by molar-refractivity contribution is 5.50. The van der Waals surface area contributed by atoms with Gasteiger partial charge in [-0.05, 0) is 38.0 Å². The minimum atomic E-state index is 0.333. The van der Waals surface area contributed by atoms with Crippen molar-refractivity contribution < 1.29 is 0 Å². The Labute approximate surface area is 137 Å². The maximum atomic E-state index is 6.06. The second-order valence-corrected chi connectivity index (χ2v) is 7.42. The lowest BCUT2D eigenvalue weighted by Crippen LogP contribution is -2.22. The molecule has 0 bridgehead atoms. The third-order valence-corrected chi connectivity index (χ3v) is 5.78. The molecule has 0 amide bonds. The second kappa shape index (κ2) is 6.11. The van der Waals surface area contributed by atoms with E-state index in [9.17, 15) is 0 Å². The Kier molecular flexibility index (Phi) is 3.97. The summed E-state index contributed by atoms with van der Waals surface area (Å²) in [6, 6.07) is 5.00. The highest BCUT2D eigenvalue weighted by atomic mass is 15.3. The minimum Gasteiger partial charge on any atom is -0.367 e. The van der Waals surface area contributed by atoms with E-state index in [2.05, 4.69) is 23.4 Å². The van der Waals surface area contributed by atoms with Crippen LogP contribution in [-0.2, 0) is 0 Å². The van der Waals surface area contributed by atoms with Crippen molar-refractivity contribution in [1.82, 2.24) is 14.6 Å². The second-order valence-electron chi connectivity index (χ2n) is 7.42. The van der Waals surface area contributed by atoms with Gasteiger partial charge in [0.15, 0.2) is 5.65 Å². The van der Waals surface area contributed by atoms with E-state index in [0.29, 0.717) is 18.0 Å². The normalized spacial score (nSPS) is 26.9. The first kappa shape index (κ1) is 14.9. The van der Waals surface area contributed by atoms with Crippen molar-refractivity contribution in [3.8, 4) is 0 Å². The lowest BCUT2D eigenvalue weighted by molar-refractivity contribution is 0.453. The molecule has 5 heteroatoms. The Morgan fingerprint density at radius 3 is 2.83 bits per heavy atom. The molecule has 2 heterocycles. The molecule has 124 valence electrons. The Morgan fingerprint density at radius 1 is 1.26 bits per heavy atom. The Morgan fingerprint density at radius 2 is 2.09 bits per heavy atom. The molecule has 2 saturated carbocycles. The highest BCUT2D eigenvalue weighted by Gasteiger charge is 2.26. The van der Waals surface area contributed by atoms with Gasteiger partial charge in [-0.2, -0.15) is 9.61 Å². The molecule has 0 aromatic carbocycles. The summed E-state index contributed by atoms with van der Waals surface area (Å²) in [5.74, 6) is 2.36. The number of nitrogens with two attached hydrogens (primary N) is 1. The molecule has 2 aliphatic carbocycles. The summed E-state index contributed by atoms with van der Waals surface area (Å²) >= 11 is 0. The average Bonchev–Trinajstić information content (AvgIpc) is 3.27. The van der Waals surface area contributed by atoms with E-state index in [1.54, 1.807) is 0 Å². The van der Waals surface area contributed by atoms with Crippen LogP contribution in [0.3, 0.4) is 0 Å². The third-order valence-electron chi connectivity index (χ3n) is 5.78. The topological polar surface area (TPSA) is 68.2 Å². The van der Waals surface area contributed by atoms with Crippen LogP contribution in [0.4, 0.5) is 5.82 Å². The molecule has 2 aromatic heterocycles. The van der Waals surface area contributed by atoms with Gasteiger partial charge in [0.1, 0.15) is 5.82 Å². The lowest BCUT2D eigenvalue weighted by Gasteiger charge is -2.21. The molecule has 0 aliphatic heterocycles. The van der Waals surface area contributed by atoms with Gasteiger partial charge in [-0.1, -0.05) is 19.8 Å². The summed E-state index contributed by atoms with van der Waals surface area (Å²) in [6.07, 6.45) is 10.5. The summed E-state index contributed by atoms with van der Waals surface area (Å²) in [4.78, 5) is 4.87. The van der Waals surface area contributed by atoms with Crippen LogP contribution in [0, 0.1) is 5.92 Å². The van der Waals surface area contributed by atoms with Gasteiger partial charge in [-0.25, -0.2) is 4.98 Å². The van der Waals surface area contributed by atoms with Crippen molar-refractivity contribution >= 4 is 11.5 Å². The molecule has 0 radical (unpaired) electrons. The SMILES string of the molecule is C[C@H](c1cc(N[C@H]2CC[C@H](N)C2)n2nccc2n1)C1CCCC1. The van der Waals surface area contributed by atoms with Crippen LogP contribution >= 0.6 is 0 Å². The van der Waals surface area contributed by atoms with Gasteiger partial charge in [0, 0.05) is 35.8 Å². The molecule has 5 nitrogen and oxygen atoms in total. The van der Waals surface area contributed by atoms with Gasteiger partial charge in [-0.15, -0.1) is 0 Å². The molecular formula is C18H27N5. The molecule has 2 aromatic rings. The van der Waals surface area contributed by atoms with Gasteiger partial charge < -0.3 is 11.1 Å². The molecule has 3 N–H and O–H groups in total. The molecule has 0 unspecified atom stereocenters. The number of aromatic nitrogens is 3. The minimum absolute atomic E-state index is 0.333. The maximum absolute atomic E-state index is 6.06. The van der Waals surface area contributed by atoms with E-state index in [0.717, 1.165) is 36.6 Å². The quantitative estimate of drug-likeness (QED) is 0.908. The summed E-state index contributed by atoms with van der Waals surface area (Å²) in [5, 5.41) is 8.10. The van der Waals surface area contributed by atoms with Crippen LogP contribution in [0.15, 0.2) is 18.3 Å². The molecule has 0 spiro atoms. The van der Waals surface area contributed by atoms with Crippen molar-refractivity contribution in [2.75, 3.05) is 5.32 Å².